The van der Waals surface area contributed by atoms with Crippen molar-refractivity contribution < 1.29 is 22.7 Å². The van der Waals surface area contributed by atoms with E-state index in [0.29, 0.717) is 17.7 Å². The average Bonchev–Trinajstić information content (AvgIpc) is 3.20. The number of alkyl halides is 3. The first-order chi connectivity index (χ1) is 13.7. The summed E-state index contributed by atoms with van der Waals surface area (Å²) in [5, 5.41) is 2.68. The van der Waals surface area contributed by atoms with Crippen LogP contribution in [-0.4, -0.2) is 54.4 Å². The molecular formula is C18H21F3N6O2. The van der Waals surface area contributed by atoms with E-state index in [1.807, 2.05) is 14.1 Å². The van der Waals surface area contributed by atoms with Crippen LogP contribution in [0.15, 0.2) is 24.3 Å². The fourth-order valence-electron chi connectivity index (χ4n) is 2.80. The molecule has 2 aromatic rings. The highest BCUT2D eigenvalue weighted by molar-refractivity contribution is 5.94. The van der Waals surface area contributed by atoms with Gasteiger partial charge in [0, 0.05) is 32.7 Å². The highest BCUT2D eigenvalue weighted by atomic mass is 19.4. The van der Waals surface area contributed by atoms with Crippen molar-refractivity contribution in [3.05, 3.63) is 35.7 Å². The van der Waals surface area contributed by atoms with Crippen molar-refractivity contribution in [2.45, 2.75) is 25.7 Å². The summed E-state index contributed by atoms with van der Waals surface area (Å²) in [5.41, 5.74) is 0.196. The molecule has 0 aliphatic carbocycles. The molecule has 11 heteroatoms. The molecular weight excluding hydrogens is 389 g/mol. The molecule has 1 saturated heterocycles. The average molecular weight is 410 g/mol. The van der Waals surface area contributed by atoms with Crippen LogP contribution in [0.25, 0.3) is 0 Å². The van der Waals surface area contributed by atoms with Gasteiger partial charge in [0.2, 0.25) is 11.9 Å². The number of rotatable bonds is 6. The molecule has 2 heterocycles. The van der Waals surface area contributed by atoms with E-state index in [-0.39, 0.29) is 12.1 Å². The maximum atomic E-state index is 12.3. The van der Waals surface area contributed by atoms with Gasteiger partial charge in [-0.25, -0.2) is 0 Å². The van der Waals surface area contributed by atoms with E-state index < -0.39 is 18.0 Å². The third-order valence-corrected chi connectivity index (χ3v) is 4.20. The number of hydrogen-bond acceptors (Lipinski definition) is 7. The SMILES string of the molecule is CN(C)c1nc(CNC(=O)c2ccc(OC(F)(F)F)cc2)nc(N2CCCC2)n1. The molecule has 0 atom stereocenters. The molecule has 1 aliphatic heterocycles. The Hall–Kier alpha value is -3.11. The van der Waals surface area contributed by atoms with Gasteiger partial charge in [-0.05, 0) is 37.1 Å². The molecule has 3 rings (SSSR count). The summed E-state index contributed by atoms with van der Waals surface area (Å²) >= 11 is 0. The molecule has 1 aliphatic rings. The van der Waals surface area contributed by atoms with Crippen molar-refractivity contribution in [1.29, 1.82) is 0 Å². The molecule has 0 unspecified atom stereocenters. The van der Waals surface area contributed by atoms with Crippen LogP contribution in [0.5, 0.6) is 5.75 Å². The summed E-state index contributed by atoms with van der Waals surface area (Å²) < 4.78 is 40.4. The lowest BCUT2D eigenvalue weighted by atomic mass is 10.2. The number of ether oxygens (including phenoxy) is 1. The number of amides is 1. The highest BCUT2D eigenvalue weighted by Gasteiger charge is 2.31. The number of carbonyl (C=O) groups is 1. The predicted molar refractivity (Wildman–Crippen MR) is 99.9 cm³/mol. The predicted octanol–water partition coefficient (Wildman–Crippen LogP) is 2.37. The molecule has 1 N–H and O–H groups in total. The second kappa shape index (κ2) is 8.50. The number of nitrogens with one attached hydrogen (secondary N) is 1. The van der Waals surface area contributed by atoms with Crippen LogP contribution in [0.3, 0.4) is 0 Å². The van der Waals surface area contributed by atoms with Gasteiger partial charge in [-0.15, -0.1) is 13.2 Å². The fraction of sp³-hybridized carbons (Fsp3) is 0.444. The molecule has 29 heavy (non-hydrogen) atoms. The molecule has 0 saturated carbocycles. The molecule has 0 spiro atoms. The molecule has 0 radical (unpaired) electrons. The van der Waals surface area contributed by atoms with Gasteiger partial charge in [0.25, 0.3) is 5.91 Å². The maximum absolute atomic E-state index is 12.3. The number of carbonyl (C=O) groups excluding carboxylic acids is 1. The molecule has 1 aromatic heterocycles. The maximum Gasteiger partial charge on any atom is 0.573 e. The first kappa shape index (κ1) is 20.6. The second-order valence-corrected chi connectivity index (χ2v) is 6.70. The summed E-state index contributed by atoms with van der Waals surface area (Å²) in [4.78, 5) is 29.4. The summed E-state index contributed by atoms with van der Waals surface area (Å²) in [6.07, 6.45) is -2.63. The first-order valence-corrected chi connectivity index (χ1v) is 9.02. The fourth-order valence-corrected chi connectivity index (χ4v) is 2.80. The van der Waals surface area contributed by atoms with Gasteiger partial charge in [0.1, 0.15) is 5.75 Å². The highest BCUT2D eigenvalue weighted by Crippen LogP contribution is 2.23. The number of hydrogen-bond donors (Lipinski definition) is 1. The van der Waals surface area contributed by atoms with E-state index in [2.05, 4.69) is 29.9 Å². The minimum Gasteiger partial charge on any atom is -0.406 e. The third-order valence-electron chi connectivity index (χ3n) is 4.20. The van der Waals surface area contributed by atoms with Gasteiger partial charge in [-0.2, -0.15) is 15.0 Å². The van der Waals surface area contributed by atoms with Gasteiger partial charge < -0.3 is 19.9 Å². The minimum atomic E-state index is -4.78. The van der Waals surface area contributed by atoms with Crippen molar-refractivity contribution in [2.24, 2.45) is 0 Å². The summed E-state index contributed by atoms with van der Waals surface area (Å²) in [6, 6.07) is 4.68. The Kier molecular flexibility index (Phi) is 6.04. The topological polar surface area (TPSA) is 83.5 Å². The zero-order chi connectivity index (χ0) is 21.0. The molecule has 8 nitrogen and oxygen atoms in total. The summed E-state index contributed by atoms with van der Waals surface area (Å²) in [7, 11) is 3.63. The molecule has 1 fully saturated rings. The Balaban J connectivity index is 1.67. The number of halogens is 3. The van der Waals surface area contributed by atoms with Gasteiger partial charge in [0.15, 0.2) is 5.82 Å². The first-order valence-electron chi connectivity index (χ1n) is 9.02. The monoisotopic (exact) mass is 410 g/mol. The van der Waals surface area contributed by atoms with Gasteiger partial charge in [-0.1, -0.05) is 0 Å². The zero-order valence-corrected chi connectivity index (χ0v) is 16.0. The Labute approximate surface area is 165 Å². The van der Waals surface area contributed by atoms with E-state index in [1.165, 1.54) is 12.1 Å². The summed E-state index contributed by atoms with van der Waals surface area (Å²) in [6.45, 7) is 1.80. The van der Waals surface area contributed by atoms with E-state index in [9.17, 15) is 18.0 Å². The van der Waals surface area contributed by atoms with Crippen molar-refractivity contribution in [1.82, 2.24) is 20.3 Å². The Morgan fingerprint density at radius 2 is 1.79 bits per heavy atom. The third kappa shape index (κ3) is 5.69. The molecule has 156 valence electrons. The van der Waals surface area contributed by atoms with Crippen LogP contribution in [0, 0.1) is 0 Å². The van der Waals surface area contributed by atoms with Crippen LogP contribution >= 0.6 is 0 Å². The standard InChI is InChI=1S/C18H21F3N6O2/c1-26(2)16-23-14(24-17(25-16)27-9-3-4-10-27)11-22-15(28)12-5-7-13(8-6-12)29-18(19,20)21/h5-8H,3-4,9-11H2,1-2H3,(H,22,28). The molecule has 1 amide bonds. The summed E-state index contributed by atoms with van der Waals surface area (Å²) in [5.74, 6) is 0.602. The van der Waals surface area contributed by atoms with Crippen LogP contribution in [-0.2, 0) is 6.54 Å². The number of nitrogens with zero attached hydrogens (tertiary/aromatic N) is 5. The Morgan fingerprint density at radius 3 is 2.38 bits per heavy atom. The van der Waals surface area contributed by atoms with Gasteiger partial charge in [0.05, 0.1) is 6.54 Å². The largest absolute Gasteiger partial charge is 0.573 e. The lowest BCUT2D eigenvalue weighted by molar-refractivity contribution is -0.274. The lowest BCUT2D eigenvalue weighted by Crippen LogP contribution is -2.27. The quantitative estimate of drug-likeness (QED) is 0.783. The van der Waals surface area contributed by atoms with Crippen LogP contribution in [0.4, 0.5) is 25.1 Å². The van der Waals surface area contributed by atoms with Crippen LogP contribution in [0.1, 0.15) is 29.0 Å². The Bertz CT molecular complexity index is 852. The van der Waals surface area contributed by atoms with Crippen LogP contribution in [0.2, 0.25) is 0 Å². The van der Waals surface area contributed by atoms with Crippen molar-refractivity contribution in [3.63, 3.8) is 0 Å². The minimum absolute atomic E-state index is 0.0594. The van der Waals surface area contributed by atoms with E-state index >= 15 is 0 Å². The second-order valence-electron chi connectivity index (χ2n) is 6.70. The molecule has 1 aromatic carbocycles. The van der Waals surface area contributed by atoms with E-state index in [4.69, 9.17) is 0 Å². The van der Waals surface area contributed by atoms with E-state index in [0.717, 1.165) is 38.1 Å². The normalized spacial score (nSPS) is 14.0. The smallest absolute Gasteiger partial charge is 0.406 e. The van der Waals surface area contributed by atoms with Gasteiger partial charge in [-0.3, -0.25) is 4.79 Å². The van der Waals surface area contributed by atoms with Crippen molar-refractivity contribution >= 4 is 17.8 Å². The van der Waals surface area contributed by atoms with Gasteiger partial charge >= 0.3 is 6.36 Å². The molecule has 0 bridgehead atoms. The Morgan fingerprint density at radius 1 is 1.14 bits per heavy atom. The number of anilines is 2. The van der Waals surface area contributed by atoms with E-state index in [1.54, 1.807) is 4.90 Å². The lowest BCUT2D eigenvalue weighted by Gasteiger charge is -2.19. The van der Waals surface area contributed by atoms with Crippen LogP contribution < -0.4 is 19.9 Å². The number of aromatic nitrogens is 3. The zero-order valence-electron chi connectivity index (χ0n) is 16.0. The van der Waals surface area contributed by atoms with Crippen molar-refractivity contribution in [2.75, 3.05) is 37.0 Å². The number of benzene rings is 1. The van der Waals surface area contributed by atoms with Crippen molar-refractivity contribution in [3.8, 4) is 5.75 Å².